The third kappa shape index (κ3) is 4.52. The fourth-order valence-electron chi connectivity index (χ4n) is 2.68. The van der Waals surface area contributed by atoms with Crippen LogP contribution in [-0.4, -0.2) is 37.6 Å². The molecule has 130 valence electrons. The van der Waals surface area contributed by atoms with Gasteiger partial charge < -0.3 is 14.5 Å². The van der Waals surface area contributed by atoms with Crippen LogP contribution in [0.15, 0.2) is 40.8 Å². The standard InChI is InChI=1S/C18H23ClN2O3/c1-4-21(5-2)15(13-7-6-8-14(11-13)23-3)12-20-18(22)16-9-10-17(19)24-16/h6-11,15H,4-5,12H2,1-3H3,(H,20,22). The van der Waals surface area contributed by atoms with Gasteiger partial charge in [-0.1, -0.05) is 26.0 Å². The van der Waals surface area contributed by atoms with Gasteiger partial charge in [-0.15, -0.1) is 0 Å². The van der Waals surface area contributed by atoms with Crippen LogP contribution in [0.4, 0.5) is 0 Å². The Labute approximate surface area is 147 Å². The molecule has 1 atom stereocenters. The molecule has 6 heteroatoms. The van der Waals surface area contributed by atoms with Crippen LogP contribution in [0.5, 0.6) is 5.75 Å². The fraction of sp³-hybridized carbons (Fsp3) is 0.389. The fourth-order valence-corrected chi connectivity index (χ4v) is 2.83. The van der Waals surface area contributed by atoms with Crippen molar-refractivity contribution in [2.24, 2.45) is 0 Å². The maximum absolute atomic E-state index is 12.2. The van der Waals surface area contributed by atoms with E-state index in [4.69, 9.17) is 20.8 Å². The number of methoxy groups -OCH3 is 1. The molecule has 2 aromatic rings. The molecule has 0 saturated carbocycles. The number of hydrogen-bond acceptors (Lipinski definition) is 4. The first-order chi connectivity index (χ1) is 11.6. The van der Waals surface area contributed by atoms with E-state index in [1.807, 2.05) is 24.3 Å². The molecular formula is C18H23ClN2O3. The molecule has 1 heterocycles. The second-order valence-electron chi connectivity index (χ2n) is 5.33. The number of nitrogens with zero attached hydrogens (tertiary/aromatic N) is 1. The number of ether oxygens (including phenoxy) is 1. The Balaban J connectivity index is 2.15. The zero-order chi connectivity index (χ0) is 17.5. The van der Waals surface area contributed by atoms with E-state index < -0.39 is 0 Å². The van der Waals surface area contributed by atoms with Crippen LogP contribution in [0.1, 0.15) is 36.0 Å². The predicted molar refractivity (Wildman–Crippen MR) is 94.7 cm³/mol. The summed E-state index contributed by atoms with van der Waals surface area (Å²) in [7, 11) is 1.65. The zero-order valence-corrected chi connectivity index (χ0v) is 15.0. The van der Waals surface area contributed by atoms with Crippen molar-refractivity contribution < 1.29 is 13.9 Å². The van der Waals surface area contributed by atoms with Crippen LogP contribution < -0.4 is 10.1 Å². The topological polar surface area (TPSA) is 54.7 Å². The van der Waals surface area contributed by atoms with Crippen molar-refractivity contribution in [2.75, 3.05) is 26.7 Å². The molecule has 2 rings (SSSR count). The van der Waals surface area contributed by atoms with E-state index in [0.29, 0.717) is 6.54 Å². The smallest absolute Gasteiger partial charge is 0.287 e. The van der Waals surface area contributed by atoms with Crippen LogP contribution in [-0.2, 0) is 0 Å². The van der Waals surface area contributed by atoms with Gasteiger partial charge in [0.25, 0.3) is 5.91 Å². The lowest BCUT2D eigenvalue weighted by Crippen LogP contribution is -2.38. The van der Waals surface area contributed by atoms with Gasteiger partial charge in [-0.05, 0) is 54.5 Å². The van der Waals surface area contributed by atoms with Crippen LogP contribution >= 0.6 is 11.6 Å². The minimum Gasteiger partial charge on any atom is -0.497 e. The average molecular weight is 351 g/mol. The lowest BCUT2D eigenvalue weighted by Gasteiger charge is -2.30. The van der Waals surface area contributed by atoms with E-state index in [2.05, 4.69) is 24.1 Å². The molecule has 1 unspecified atom stereocenters. The van der Waals surface area contributed by atoms with Crippen molar-refractivity contribution in [1.29, 1.82) is 0 Å². The molecule has 0 spiro atoms. The van der Waals surface area contributed by atoms with Gasteiger partial charge in [-0.2, -0.15) is 0 Å². The number of carbonyl (C=O) groups excluding carboxylic acids is 1. The SMILES string of the molecule is CCN(CC)C(CNC(=O)c1ccc(Cl)o1)c1cccc(OC)c1. The quantitative estimate of drug-likeness (QED) is 0.787. The number of rotatable bonds is 8. The summed E-state index contributed by atoms with van der Waals surface area (Å²) in [5.41, 5.74) is 1.09. The van der Waals surface area contributed by atoms with Crippen LogP contribution in [0.3, 0.4) is 0 Å². The highest BCUT2D eigenvalue weighted by molar-refractivity contribution is 6.29. The molecule has 1 aromatic heterocycles. The van der Waals surface area contributed by atoms with Gasteiger partial charge in [-0.25, -0.2) is 0 Å². The molecule has 1 N–H and O–H groups in total. The highest BCUT2D eigenvalue weighted by Crippen LogP contribution is 2.24. The molecule has 24 heavy (non-hydrogen) atoms. The Morgan fingerprint density at radius 1 is 1.29 bits per heavy atom. The molecule has 0 fully saturated rings. The monoisotopic (exact) mass is 350 g/mol. The second kappa shape index (κ2) is 8.76. The largest absolute Gasteiger partial charge is 0.497 e. The number of benzene rings is 1. The van der Waals surface area contributed by atoms with Crippen LogP contribution in [0.2, 0.25) is 5.22 Å². The highest BCUT2D eigenvalue weighted by atomic mass is 35.5. The number of carbonyl (C=O) groups is 1. The summed E-state index contributed by atoms with van der Waals surface area (Å²) >= 11 is 5.72. The van der Waals surface area contributed by atoms with Crippen molar-refractivity contribution in [3.8, 4) is 5.75 Å². The van der Waals surface area contributed by atoms with Gasteiger partial charge in [0.15, 0.2) is 11.0 Å². The van der Waals surface area contributed by atoms with E-state index >= 15 is 0 Å². The molecule has 0 aliphatic rings. The lowest BCUT2D eigenvalue weighted by molar-refractivity contribution is 0.0907. The summed E-state index contributed by atoms with van der Waals surface area (Å²) < 4.78 is 10.5. The van der Waals surface area contributed by atoms with Crippen molar-refractivity contribution in [2.45, 2.75) is 19.9 Å². The van der Waals surface area contributed by atoms with Crippen LogP contribution in [0.25, 0.3) is 0 Å². The van der Waals surface area contributed by atoms with Crippen molar-refractivity contribution in [3.63, 3.8) is 0 Å². The molecule has 0 aliphatic carbocycles. The first-order valence-corrected chi connectivity index (χ1v) is 8.38. The van der Waals surface area contributed by atoms with Gasteiger partial charge in [0, 0.05) is 6.54 Å². The predicted octanol–water partition coefficient (Wildman–Crippen LogP) is 3.75. The minimum atomic E-state index is -0.276. The molecule has 1 aromatic carbocycles. The zero-order valence-electron chi connectivity index (χ0n) is 14.2. The van der Waals surface area contributed by atoms with Gasteiger partial charge in [-0.3, -0.25) is 9.69 Å². The maximum atomic E-state index is 12.2. The number of halogens is 1. The molecule has 0 radical (unpaired) electrons. The summed E-state index contributed by atoms with van der Waals surface area (Å²) in [6.07, 6.45) is 0. The number of hydrogen-bond donors (Lipinski definition) is 1. The number of furan rings is 1. The lowest BCUT2D eigenvalue weighted by atomic mass is 10.0. The average Bonchev–Trinajstić information content (AvgIpc) is 3.05. The third-order valence-corrected chi connectivity index (χ3v) is 4.19. The maximum Gasteiger partial charge on any atom is 0.287 e. The van der Waals surface area contributed by atoms with E-state index in [0.717, 1.165) is 24.4 Å². The number of amides is 1. The second-order valence-corrected chi connectivity index (χ2v) is 5.70. The third-order valence-electron chi connectivity index (χ3n) is 3.98. The van der Waals surface area contributed by atoms with Crippen LogP contribution in [0, 0.1) is 0 Å². The molecule has 1 amide bonds. The van der Waals surface area contributed by atoms with Gasteiger partial charge >= 0.3 is 0 Å². The van der Waals surface area contributed by atoms with Gasteiger partial charge in [0.2, 0.25) is 0 Å². The normalized spacial score (nSPS) is 12.2. The van der Waals surface area contributed by atoms with Gasteiger partial charge in [0.05, 0.1) is 13.2 Å². The van der Waals surface area contributed by atoms with Crippen molar-refractivity contribution in [3.05, 3.63) is 52.9 Å². The Morgan fingerprint density at radius 3 is 2.62 bits per heavy atom. The first-order valence-electron chi connectivity index (χ1n) is 8.00. The summed E-state index contributed by atoms with van der Waals surface area (Å²) in [6, 6.07) is 11.1. The molecule has 0 bridgehead atoms. The Kier molecular flexibility index (Phi) is 6.70. The number of nitrogens with one attached hydrogen (secondary N) is 1. The Morgan fingerprint density at radius 2 is 2.04 bits per heavy atom. The van der Waals surface area contributed by atoms with E-state index in [9.17, 15) is 4.79 Å². The Bertz CT molecular complexity index is 668. The highest BCUT2D eigenvalue weighted by Gasteiger charge is 2.20. The van der Waals surface area contributed by atoms with E-state index in [1.165, 1.54) is 0 Å². The van der Waals surface area contributed by atoms with E-state index in [1.54, 1.807) is 19.2 Å². The molecule has 0 aliphatic heterocycles. The minimum absolute atomic E-state index is 0.0458. The van der Waals surface area contributed by atoms with E-state index in [-0.39, 0.29) is 22.9 Å². The summed E-state index contributed by atoms with van der Waals surface area (Å²) in [6.45, 7) is 6.42. The molecular weight excluding hydrogens is 328 g/mol. The Hall–Kier alpha value is -1.98. The van der Waals surface area contributed by atoms with Crippen molar-refractivity contribution >= 4 is 17.5 Å². The number of likely N-dealkylation sites (N-methyl/N-ethyl adjacent to an activating group) is 1. The first kappa shape index (κ1) is 18.4. The summed E-state index contributed by atoms with van der Waals surface area (Å²) in [5, 5.41) is 3.13. The van der Waals surface area contributed by atoms with Crippen molar-refractivity contribution in [1.82, 2.24) is 10.2 Å². The molecule has 5 nitrogen and oxygen atoms in total. The molecule has 0 saturated heterocycles. The summed E-state index contributed by atoms with van der Waals surface area (Å²) in [5.74, 6) is 0.736. The van der Waals surface area contributed by atoms with Gasteiger partial charge in [0.1, 0.15) is 5.75 Å². The summed E-state index contributed by atoms with van der Waals surface area (Å²) in [4.78, 5) is 14.5.